The highest BCUT2D eigenvalue weighted by Gasteiger charge is 2.21. The number of ether oxygens (including phenoxy) is 2. The SMILES string of the molecule is O=C(CSc1nc(Cl)cc(N2CCN(Cc3ccc4c(c3)OCO4)CC2)n1)NCCc1ccccc1. The van der Waals surface area contributed by atoms with Crippen LogP contribution < -0.4 is 19.7 Å². The van der Waals surface area contributed by atoms with Gasteiger partial charge in [-0.05, 0) is 29.7 Å². The predicted octanol–water partition coefficient (Wildman–Crippen LogP) is 3.63. The number of amides is 1. The van der Waals surface area contributed by atoms with Crippen molar-refractivity contribution in [2.75, 3.05) is 50.2 Å². The van der Waals surface area contributed by atoms with E-state index in [1.807, 2.05) is 24.3 Å². The van der Waals surface area contributed by atoms with E-state index in [1.54, 1.807) is 6.07 Å². The van der Waals surface area contributed by atoms with Crippen LogP contribution in [0, 0.1) is 0 Å². The molecular formula is C26H28ClN5O3S. The van der Waals surface area contributed by atoms with Crippen molar-refractivity contribution in [2.24, 2.45) is 0 Å². The van der Waals surface area contributed by atoms with Gasteiger partial charge in [0.15, 0.2) is 16.7 Å². The Labute approximate surface area is 220 Å². The highest BCUT2D eigenvalue weighted by Crippen LogP contribution is 2.33. The van der Waals surface area contributed by atoms with Gasteiger partial charge in [-0.15, -0.1) is 0 Å². The molecule has 1 amide bonds. The fourth-order valence-corrected chi connectivity index (χ4v) is 5.13. The Morgan fingerprint density at radius 3 is 2.61 bits per heavy atom. The molecule has 1 N–H and O–H groups in total. The van der Waals surface area contributed by atoms with Crippen LogP contribution in [0.4, 0.5) is 5.82 Å². The third-order valence-corrected chi connectivity index (χ3v) is 7.15. The van der Waals surface area contributed by atoms with Gasteiger partial charge in [-0.3, -0.25) is 9.69 Å². The molecule has 10 heteroatoms. The number of nitrogens with zero attached hydrogens (tertiary/aromatic N) is 4. The van der Waals surface area contributed by atoms with Crippen molar-refractivity contribution in [1.29, 1.82) is 0 Å². The average Bonchev–Trinajstić information content (AvgIpc) is 3.36. The normalized spacial score (nSPS) is 15.2. The highest BCUT2D eigenvalue weighted by atomic mass is 35.5. The summed E-state index contributed by atoms with van der Waals surface area (Å²) in [7, 11) is 0. The minimum Gasteiger partial charge on any atom is -0.454 e. The summed E-state index contributed by atoms with van der Waals surface area (Å²) in [6.07, 6.45) is 0.801. The van der Waals surface area contributed by atoms with E-state index in [0.717, 1.165) is 56.5 Å². The number of piperazine rings is 1. The molecule has 36 heavy (non-hydrogen) atoms. The smallest absolute Gasteiger partial charge is 0.231 e. The molecule has 8 nitrogen and oxygen atoms in total. The molecule has 0 bridgehead atoms. The lowest BCUT2D eigenvalue weighted by Gasteiger charge is -2.35. The molecule has 2 aliphatic rings. The molecule has 5 rings (SSSR count). The molecule has 2 aromatic carbocycles. The first-order chi connectivity index (χ1) is 17.6. The number of aromatic nitrogens is 2. The maximum Gasteiger partial charge on any atom is 0.231 e. The van der Waals surface area contributed by atoms with E-state index >= 15 is 0 Å². The number of carbonyl (C=O) groups excluding carboxylic acids is 1. The second kappa shape index (κ2) is 11.8. The number of hydrogen-bond acceptors (Lipinski definition) is 8. The molecule has 3 aromatic rings. The van der Waals surface area contributed by atoms with Crippen LogP contribution in [0.5, 0.6) is 11.5 Å². The molecule has 3 heterocycles. The molecule has 0 saturated carbocycles. The van der Waals surface area contributed by atoms with E-state index in [-0.39, 0.29) is 18.5 Å². The van der Waals surface area contributed by atoms with Crippen molar-refractivity contribution in [2.45, 2.75) is 18.1 Å². The summed E-state index contributed by atoms with van der Waals surface area (Å²) < 4.78 is 10.9. The van der Waals surface area contributed by atoms with Crippen molar-refractivity contribution in [1.82, 2.24) is 20.2 Å². The van der Waals surface area contributed by atoms with Crippen LogP contribution >= 0.6 is 23.4 Å². The second-order valence-corrected chi connectivity index (χ2v) is 9.99. The largest absolute Gasteiger partial charge is 0.454 e. The maximum atomic E-state index is 12.3. The number of hydrogen-bond donors (Lipinski definition) is 1. The van der Waals surface area contributed by atoms with Crippen LogP contribution in [0.3, 0.4) is 0 Å². The topological polar surface area (TPSA) is 79.8 Å². The Kier molecular flexibility index (Phi) is 8.10. The standard InChI is InChI=1S/C26H28ClN5O3S/c27-23-15-24(30-26(29-23)36-17-25(33)28-9-8-19-4-2-1-3-5-19)32-12-10-31(11-13-32)16-20-6-7-21-22(14-20)35-18-34-21/h1-7,14-15H,8-13,16-18H2,(H,28,33). The lowest BCUT2D eigenvalue weighted by molar-refractivity contribution is -0.118. The molecule has 0 unspecified atom stereocenters. The first-order valence-electron chi connectivity index (χ1n) is 12.0. The van der Waals surface area contributed by atoms with Crippen molar-refractivity contribution in [3.63, 3.8) is 0 Å². The zero-order chi connectivity index (χ0) is 24.7. The van der Waals surface area contributed by atoms with Gasteiger partial charge in [0, 0.05) is 45.3 Å². The zero-order valence-electron chi connectivity index (χ0n) is 19.9. The van der Waals surface area contributed by atoms with Gasteiger partial charge in [-0.25, -0.2) is 9.97 Å². The van der Waals surface area contributed by atoms with Gasteiger partial charge in [0.05, 0.1) is 5.75 Å². The number of thioether (sulfide) groups is 1. The number of halogens is 1. The van der Waals surface area contributed by atoms with Gasteiger partial charge in [0.2, 0.25) is 12.7 Å². The van der Waals surface area contributed by atoms with Gasteiger partial charge >= 0.3 is 0 Å². The van der Waals surface area contributed by atoms with Gasteiger partial charge in [-0.1, -0.05) is 59.8 Å². The second-order valence-electron chi connectivity index (χ2n) is 8.66. The molecule has 1 fully saturated rings. The quantitative estimate of drug-likeness (QED) is 0.258. The van der Waals surface area contributed by atoms with Gasteiger partial charge in [-0.2, -0.15) is 0 Å². The van der Waals surface area contributed by atoms with Crippen LogP contribution in [0.2, 0.25) is 5.15 Å². The maximum absolute atomic E-state index is 12.3. The molecule has 0 aliphatic carbocycles. The minimum atomic E-state index is -0.0433. The van der Waals surface area contributed by atoms with E-state index in [4.69, 9.17) is 21.1 Å². The number of anilines is 1. The van der Waals surface area contributed by atoms with E-state index in [2.05, 4.69) is 49.4 Å². The van der Waals surface area contributed by atoms with Crippen molar-refractivity contribution < 1.29 is 14.3 Å². The minimum absolute atomic E-state index is 0.0433. The number of nitrogens with one attached hydrogen (secondary N) is 1. The fraction of sp³-hybridized carbons (Fsp3) is 0.346. The zero-order valence-corrected chi connectivity index (χ0v) is 21.4. The molecule has 0 radical (unpaired) electrons. The first kappa shape index (κ1) is 24.7. The number of benzene rings is 2. The van der Waals surface area contributed by atoms with Crippen molar-refractivity contribution >= 4 is 35.1 Å². The number of rotatable bonds is 9. The molecule has 0 spiro atoms. The van der Waals surface area contributed by atoms with E-state index < -0.39 is 0 Å². The summed E-state index contributed by atoms with van der Waals surface area (Å²) in [6.45, 7) is 5.23. The van der Waals surface area contributed by atoms with Crippen LogP contribution in [0.15, 0.2) is 59.8 Å². The van der Waals surface area contributed by atoms with Crippen LogP contribution in [-0.2, 0) is 17.8 Å². The fourth-order valence-electron chi connectivity index (χ4n) is 4.22. The molecule has 1 aromatic heterocycles. The lowest BCUT2D eigenvalue weighted by Crippen LogP contribution is -2.46. The van der Waals surface area contributed by atoms with Crippen molar-refractivity contribution in [3.05, 3.63) is 70.9 Å². The monoisotopic (exact) mass is 525 g/mol. The molecule has 0 atom stereocenters. The Hall–Kier alpha value is -3.01. The highest BCUT2D eigenvalue weighted by molar-refractivity contribution is 7.99. The first-order valence-corrected chi connectivity index (χ1v) is 13.3. The van der Waals surface area contributed by atoms with Crippen LogP contribution in [0.25, 0.3) is 0 Å². The third kappa shape index (κ3) is 6.60. The Bertz CT molecular complexity index is 1190. The van der Waals surface area contributed by atoms with E-state index in [9.17, 15) is 4.79 Å². The van der Waals surface area contributed by atoms with Gasteiger partial charge < -0.3 is 19.7 Å². The summed E-state index contributed by atoms with van der Waals surface area (Å²) in [6, 6.07) is 18.0. The summed E-state index contributed by atoms with van der Waals surface area (Å²) in [5, 5.41) is 3.85. The summed E-state index contributed by atoms with van der Waals surface area (Å²) in [5.74, 6) is 2.62. The van der Waals surface area contributed by atoms with E-state index in [0.29, 0.717) is 16.9 Å². The molecular weight excluding hydrogens is 498 g/mol. The third-order valence-electron chi connectivity index (χ3n) is 6.11. The number of fused-ring (bicyclic) bond motifs is 1. The molecule has 1 saturated heterocycles. The van der Waals surface area contributed by atoms with Crippen LogP contribution in [0.1, 0.15) is 11.1 Å². The summed E-state index contributed by atoms with van der Waals surface area (Å²) in [4.78, 5) is 25.9. The molecule has 2 aliphatic heterocycles. The summed E-state index contributed by atoms with van der Waals surface area (Å²) in [5.41, 5.74) is 2.41. The average molecular weight is 526 g/mol. The van der Waals surface area contributed by atoms with Crippen molar-refractivity contribution in [3.8, 4) is 11.5 Å². The lowest BCUT2D eigenvalue weighted by atomic mass is 10.1. The van der Waals surface area contributed by atoms with Gasteiger partial charge in [0.1, 0.15) is 11.0 Å². The Morgan fingerprint density at radius 1 is 0.972 bits per heavy atom. The predicted molar refractivity (Wildman–Crippen MR) is 141 cm³/mol. The number of carbonyl (C=O) groups is 1. The Balaban J connectivity index is 1.09. The Morgan fingerprint density at radius 2 is 1.78 bits per heavy atom. The molecule has 188 valence electrons. The van der Waals surface area contributed by atoms with E-state index in [1.165, 1.54) is 22.9 Å². The summed E-state index contributed by atoms with van der Waals surface area (Å²) >= 11 is 7.60. The van der Waals surface area contributed by atoms with Gasteiger partial charge in [0.25, 0.3) is 0 Å². The van der Waals surface area contributed by atoms with Crippen LogP contribution in [-0.4, -0.2) is 66.0 Å².